The van der Waals surface area contributed by atoms with Crippen molar-refractivity contribution in [2.45, 2.75) is 13.5 Å². The largest absolute Gasteiger partial charge is 0.494 e. The molecule has 0 aliphatic rings. The molecule has 0 spiro atoms. The van der Waals surface area contributed by atoms with Gasteiger partial charge in [-0.25, -0.2) is 0 Å². The smallest absolute Gasteiger partial charge is 0.119 e. The van der Waals surface area contributed by atoms with Crippen LogP contribution in [0.15, 0.2) is 24.3 Å². The van der Waals surface area contributed by atoms with E-state index in [4.69, 9.17) is 4.74 Å². The van der Waals surface area contributed by atoms with Crippen molar-refractivity contribution < 1.29 is 8.95 Å². The van der Waals surface area contributed by atoms with Gasteiger partial charge in [0.1, 0.15) is 5.75 Å². The van der Waals surface area contributed by atoms with Crippen molar-refractivity contribution in [1.29, 1.82) is 0 Å². The fourth-order valence-electron chi connectivity index (χ4n) is 1.36. The van der Waals surface area contributed by atoms with Gasteiger partial charge >= 0.3 is 0 Å². The molecule has 90 valence electrons. The maximum absolute atomic E-state index is 10.8. The molecule has 1 N–H and O–H groups in total. The van der Waals surface area contributed by atoms with Crippen molar-refractivity contribution in [3.05, 3.63) is 29.8 Å². The van der Waals surface area contributed by atoms with E-state index in [1.807, 2.05) is 25.1 Å². The molecule has 1 aromatic rings. The standard InChI is InChI=1S/C12H19NO2S/c1-3-15-12-6-4-5-11(9-12)10-13-7-8-16(2)14/h4-6,9,13H,3,7-8,10H2,1-2H3. The molecule has 0 aromatic heterocycles. The van der Waals surface area contributed by atoms with Gasteiger partial charge in [0.2, 0.25) is 0 Å². The van der Waals surface area contributed by atoms with Crippen LogP contribution in [0, 0.1) is 0 Å². The zero-order valence-corrected chi connectivity index (χ0v) is 10.7. The van der Waals surface area contributed by atoms with Crippen LogP contribution in [0.2, 0.25) is 0 Å². The SMILES string of the molecule is CCOc1cccc(CNCCS(C)=O)c1. The Balaban J connectivity index is 2.35. The second-order valence-corrected chi connectivity index (χ2v) is 5.09. The first-order valence-corrected chi connectivity index (χ1v) is 7.17. The third-order valence-electron chi connectivity index (χ3n) is 2.10. The molecule has 0 aliphatic carbocycles. The highest BCUT2D eigenvalue weighted by atomic mass is 32.2. The Morgan fingerprint density at radius 1 is 1.44 bits per heavy atom. The Morgan fingerprint density at radius 2 is 2.25 bits per heavy atom. The van der Waals surface area contributed by atoms with E-state index in [0.717, 1.165) is 18.8 Å². The molecule has 4 heteroatoms. The van der Waals surface area contributed by atoms with E-state index in [2.05, 4.69) is 11.4 Å². The van der Waals surface area contributed by atoms with Gasteiger partial charge in [-0.3, -0.25) is 4.21 Å². The Hall–Kier alpha value is -0.870. The Bertz CT molecular complexity index is 342. The van der Waals surface area contributed by atoms with Gasteiger partial charge in [0.05, 0.1) is 6.61 Å². The lowest BCUT2D eigenvalue weighted by Crippen LogP contribution is -2.19. The number of hydrogen-bond donors (Lipinski definition) is 1. The van der Waals surface area contributed by atoms with Gasteiger partial charge < -0.3 is 10.1 Å². The third kappa shape index (κ3) is 5.28. The molecule has 0 bridgehead atoms. The molecule has 3 nitrogen and oxygen atoms in total. The van der Waals surface area contributed by atoms with Crippen molar-refractivity contribution in [3.8, 4) is 5.75 Å². The second-order valence-electron chi connectivity index (χ2n) is 3.53. The van der Waals surface area contributed by atoms with Gasteiger partial charge in [-0.1, -0.05) is 12.1 Å². The van der Waals surface area contributed by atoms with Crippen LogP contribution in [0.1, 0.15) is 12.5 Å². The van der Waals surface area contributed by atoms with E-state index in [9.17, 15) is 4.21 Å². The van der Waals surface area contributed by atoms with Gasteiger partial charge in [0.15, 0.2) is 0 Å². The molecule has 0 radical (unpaired) electrons. The van der Waals surface area contributed by atoms with Crippen molar-refractivity contribution >= 4 is 10.8 Å². The maximum atomic E-state index is 10.8. The summed E-state index contributed by atoms with van der Waals surface area (Å²) in [4.78, 5) is 0. The third-order valence-corrected chi connectivity index (χ3v) is 2.88. The number of ether oxygens (including phenoxy) is 1. The van der Waals surface area contributed by atoms with Crippen LogP contribution >= 0.6 is 0 Å². The fraction of sp³-hybridized carbons (Fsp3) is 0.500. The molecule has 1 unspecified atom stereocenters. The lowest BCUT2D eigenvalue weighted by Gasteiger charge is -2.07. The minimum absolute atomic E-state index is 0.686. The molecule has 0 saturated carbocycles. The summed E-state index contributed by atoms with van der Waals surface area (Å²) in [5, 5.41) is 3.25. The summed E-state index contributed by atoms with van der Waals surface area (Å²) in [7, 11) is -0.718. The van der Waals surface area contributed by atoms with Crippen LogP contribution in [0.25, 0.3) is 0 Å². The molecule has 0 aliphatic heterocycles. The van der Waals surface area contributed by atoms with Crippen molar-refractivity contribution in [3.63, 3.8) is 0 Å². The number of hydrogen-bond acceptors (Lipinski definition) is 3. The van der Waals surface area contributed by atoms with Gasteiger partial charge in [0.25, 0.3) is 0 Å². The first-order chi connectivity index (χ1) is 7.72. The molecule has 0 saturated heterocycles. The zero-order chi connectivity index (χ0) is 11.8. The van der Waals surface area contributed by atoms with Crippen LogP contribution in [0.4, 0.5) is 0 Å². The minimum Gasteiger partial charge on any atom is -0.494 e. The predicted molar refractivity (Wildman–Crippen MR) is 68.3 cm³/mol. The summed E-state index contributed by atoms with van der Waals surface area (Å²) in [5.41, 5.74) is 1.19. The quantitative estimate of drug-likeness (QED) is 0.736. The lowest BCUT2D eigenvalue weighted by atomic mass is 10.2. The number of rotatable bonds is 7. The van der Waals surface area contributed by atoms with Crippen LogP contribution in [0.3, 0.4) is 0 Å². The van der Waals surface area contributed by atoms with E-state index < -0.39 is 10.8 Å². The van der Waals surface area contributed by atoms with Gasteiger partial charge in [-0.2, -0.15) is 0 Å². The van der Waals surface area contributed by atoms with Crippen LogP contribution in [-0.4, -0.2) is 29.4 Å². The highest BCUT2D eigenvalue weighted by Crippen LogP contribution is 2.12. The highest BCUT2D eigenvalue weighted by molar-refractivity contribution is 7.84. The monoisotopic (exact) mass is 241 g/mol. The van der Waals surface area contributed by atoms with E-state index >= 15 is 0 Å². The van der Waals surface area contributed by atoms with Crippen molar-refractivity contribution in [2.24, 2.45) is 0 Å². The molecular formula is C12H19NO2S. The summed E-state index contributed by atoms with van der Waals surface area (Å²) in [6.45, 7) is 4.23. The van der Waals surface area contributed by atoms with Gasteiger partial charge in [-0.05, 0) is 24.6 Å². The van der Waals surface area contributed by atoms with Crippen LogP contribution in [0.5, 0.6) is 5.75 Å². The van der Waals surface area contributed by atoms with E-state index in [0.29, 0.717) is 12.4 Å². The van der Waals surface area contributed by atoms with E-state index in [1.54, 1.807) is 6.26 Å². The van der Waals surface area contributed by atoms with Crippen molar-refractivity contribution in [2.75, 3.05) is 25.2 Å². The summed E-state index contributed by atoms with van der Waals surface area (Å²) < 4.78 is 16.3. The maximum Gasteiger partial charge on any atom is 0.119 e. The van der Waals surface area contributed by atoms with E-state index in [1.165, 1.54) is 5.56 Å². The summed E-state index contributed by atoms with van der Waals surface area (Å²) >= 11 is 0. The zero-order valence-electron chi connectivity index (χ0n) is 9.86. The van der Waals surface area contributed by atoms with Crippen LogP contribution < -0.4 is 10.1 Å². The van der Waals surface area contributed by atoms with E-state index in [-0.39, 0.29) is 0 Å². The van der Waals surface area contributed by atoms with Gasteiger partial charge in [-0.15, -0.1) is 0 Å². The Morgan fingerprint density at radius 3 is 2.94 bits per heavy atom. The van der Waals surface area contributed by atoms with Crippen LogP contribution in [-0.2, 0) is 17.3 Å². The first kappa shape index (κ1) is 13.2. The fourth-order valence-corrected chi connectivity index (χ4v) is 1.79. The number of benzene rings is 1. The molecular weight excluding hydrogens is 222 g/mol. The Kier molecular flexibility index (Phi) is 6.11. The second kappa shape index (κ2) is 7.41. The topological polar surface area (TPSA) is 38.3 Å². The lowest BCUT2D eigenvalue weighted by molar-refractivity contribution is 0.340. The molecule has 0 amide bonds. The molecule has 16 heavy (non-hydrogen) atoms. The predicted octanol–water partition coefficient (Wildman–Crippen LogP) is 1.55. The molecule has 1 aromatic carbocycles. The molecule has 1 rings (SSSR count). The molecule has 0 fully saturated rings. The normalized spacial score (nSPS) is 12.4. The average molecular weight is 241 g/mol. The number of nitrogens with one attached hydrogen (secondary N) is 1. The summed E-state index contributed by atoms with van der Waals surface area (Å²) in [6, 6.07) is 8.02. The van der Waals surface area contributed by atoms with Crippen molar-refractivity contribution in [1.82, 2.24) is 5.32 Å². The van der Waals surface area contributed by atoms with Gasteiger partial charge in [0, 0.05) is 35.9 Å². The first-order valence-electron chi connectivity index (χ1n) is 5.45. The minimum atomic E-state index is -0.718. The summed E-state index contributed by atoms with van der Waals surface area (Å²) in [6.07, 6.45) is 1.72. The Labute approximate surface area is 99.7 Å². The molecule has 1 atom stereocenters. The highest BCUT2D eigenvalue weighted by Gasteiger charge is 1.96. The average Bonchev–Trinajstić information content (AvgIpc) is 2.25. The molecule has 0 heterocycles. The summed E-state index contributed by atoms with van der Waals surface area (Å²) in [5.74, 6) is 1.60.